The Balaban J connectivity index is 1.92. The van der Waals surface area contributed by atoms with Gasteiger partial charge in [0.25, 0.3) is 10.2 Å². The van der Waals surface area contributed by atoms with E-state index >= 15 is 0 Å². The number of H-pyrrole nitrogens is 1. The number of benzene rings is 1. The maximum atomic E-state index is 14.7. The molecule has 1 aliphatic heterocycles. The summed E-state index contributed by atoms with van der Waals surface area (Å²) in [4.78, 5) is 11.5. The summed E-state index contributed by atoms with van der Waals surface area (Å²) in [7, 11) is -4.16. The zero-order valence-corrected chi connectivity index (χ0v) is 18.2. The fourth-order valence-corrected chi connectivity index (χ4v) is 5.34. The van der Waals surface area contributed by atoms with Gasteiger partial charge in [-0.2, -0.15) is 17.4 Å². The summed E-state index contributed by atoms with van der Waals surface area (Å²) in [6.45, 7) is 4.95. The summed E-state index contributed by atoms with van der Waals surface area (Å²) >= 11 is 0. The van der Waals surface area contributed by atoms with E-state index < -0.39 is 46.1 Å². The van der Waals surface area contributed by atoms with Crippen molar-refractivity contribution in [1.82, 2.24) is 19.2 Å². The lowest BCUT2D eigenvalue weighted by molar-refractivity contribution is 0.0488. The first-order valence-corrected chi connectivity index (χ1v) is 11.3. The lowest BCUT2D eigenvalue weighted by Gasteiger charge is -2.33. The van der Waals surface area contributed by atoms with E-state index in [9.17, 15) is 26.4 Å². The molecular formula is C19H25F3N4O4S. The van der Waals surface area contributed by atoms with Crippen molar-refractivity contribution in [2.75, 3.05) is 13.1 Å². The SMILES string of the molecule is Cc1ccc(F)c([C@@H](C)[C@H](NS(=O)(=O)N2CCC(C(F)F)CC2)c2n[nH]c(=O)o2)c1C. The highest BCUT2D eigenvalue weighted by molar-refractivity contribution is 7.87. The number of nitrogens with one attached hydrogen (secondary N) is 2. The summed E-state index contributed by atoms with van der Waals surface area (Å²) in [6, 6.07) is 1.70. The van der Waals surface area contributed by atoms with Gasteiger partial charge in [0.05, 0.1) is 0 Å². The molecule has 1 aromatic carbocycles. The van der Waals surface area contributed by atoms with Crippen LogP contribution in [-0.2, 0) is 10.2 Å². The maximum absolute atomic E-state index is 14.7. The van der Waals surface area contributed by atoms with Gasteiger partial charge in [0.1, 0.15) is 11.9 Å². The average Bonchev–Trinajstić information content (AvgIpc) is 3.15. The lowest BCUT2D eigenvalue weighted by atomic mass is 9.88. The van der Waals surface area contributed by atoms with Gasteiger partial charge < -0.3 is 4.42 Å². The molecule has 2 atom stereocenters. The van der Waals surface area contributed by atoms with Crippen molar-refractivity contribution in [1.29, 1.82) is 0 Å². The molecule has 1 aliphatic rings. The summed E-state index contributed by atoms with van der Waals surface area (Å²) in [6.07, 6.45) is -2.44. The molecular weight excluding hydrogens is 437 g/mol. The smallest absolute Gasteiger partial charge is 0.391 e. The minimum absolute atomic E-state index is 0.0297. The molecule has 0 spiro atoms. The predicted octanol–water partition coefficient (Wildman–Crippen LogP) is 2.78. The third-order valence-corrected chi connectivity index (χ3v) is 7.48. The van der Waals surface area contributed by atoms with Crippen molar-refractivity contribution in [3.05, 3.63) is 51.1 Å². The van der Waals surface area contributed by atoms with E-state index in [0.717, 1.165) is 9.87 Å². The third-order valence-electron chi connectivity index (χ3n) is 5.88. The van der Waals surface area contributed by atoms with E-state index in [-0.39, 0.29) is 37.4 Å². The van der Waals surface area contributed by atoms with Crippen molar-refractivity contribution < 1.29 is 26.0 Å². The molecule has 0 bridgehead atoms. The van der Waals surface area contributed by atoms with Crippen molar-refractivity contribution >= 4 is 10.2 Å². The van der Waals surface area contributed by atoms with Crippen LogP contribution in [-0.4, -0.2) is 42.4 Å². The van der Waals surface area contributed by atoms with Crippen molar-refractivity contribution in [2.45, 2.75) is 52.0 Å². The number of aromatic nitrogens is 2. The van der Waals surface area contributed by atoms with Crippen LogP contribution in [0.25, 0.3) is 0 Å². The Labute approximate surface area is 178 Å². The van der Waals surface area contributed by atoms with Gasteiger partial charge in [-0.3, -0.25) is 0 Å². The summed E-state index contributed by atoms with van der Waals surface area (Å²) in [5, 5.41) is 5.82. The van der Waals surface area contributed by atoms with Crippen LogP contribution >= 0.6 is 0 Å². The van der Waals surface area contributed by atoms with Crippen LogP contribution in [0, 0.1) is 25.6 Å². The van der Waals surface area contributed by atoms with Gasteiger partial charge in [-0.25, -0.2) is 23.1 Å². The second kappa shape index (κ2) is 9.13. The minimum atomic E-state index is -4.16. The van der Waals surface area contributed by atoms with Crippen LogP contribution in [0.1, 0.15) is 54.3 Å². The highest BCUT2D eigenvalue weighted by Crippen LogP contribution is 2.35. The van der Waals surface area contributed by atoms with E-state index in [2.05, 4.69) is 14.9 Å². The zero-order valence-electron chi connectivity index (χ0n) is 17.4. The van der Waals surface area contributed by atoms with E-state index in [0.29, 0.717) is 5.56 Å². The first kappa shape index (κ1) is 23.5. The second-order valence-corrected chi connectivity index (χ2v) is 9.52. The molecule has 172 valence electrons. The normalized spacial score (nSPS) is 18.4. The number of aryl methyl sites for hydroxylation is 1. The largest absolute Gasteiger partial charge is 0.434 e. The number of hydrogen-bond acceptors (Lipinski definition) is 5. The maximum Gasteiger partial charge on any atom is 0.434 e. The van der Waals surface area contributed by atoms with Crippen LogP contribution in [0.5, 0.6) is 0 Å². The van der Waals surface area contributed by atoms with Crippen LogP contribution < -0.4 is 10.5 Å². The van der Waals surface area contributed by atoms with Crippen LogP contribution in [0.4, 0.5) is 13.2 Å². The summed E-state index contributed by atoms with van der Waals surface area (Å²) in [5.41, 5.74) is 1.70. The predicted molar refractivity (Wildman–Crippen MR) is 107 cm³/mol. The Morgan fingerprint density at radius 3 is 2.45 bits per heavy atom. The minimum Gasteiger partial charge on any atom is -0.391 e. The standard InChI is InChI=1S/C19H25F3N4O4S/c1-10-4-5-14(20)15(11(10)2)12(3)16(18-23-24-19(27)30-18)25-31(28,29)26-8-6-13(7-9-26)17(21)22/h4-5,12-13,16-17,25H,6-9H2,1-3H3,(H,24,27)/t12-,16+/m1/s1. The quantitative estimate of drug-likeness (QED) is 0.658. The molecule has 0 saturated carbocycles. The van der Waals surface area contributed by atoms with Gasteiger partial charge >= 0.3 is 5.76 Å². The number of nitrogens with zero attached hydrogens (tertiary/aromatic N) is 2. The van der Waals surface area contributed by atoms with E-state index in [1.165, 1.54) is 6.07 Å². The molecule has 8 nitrogen and oxygen atoms in total. The molecule has 0 aliphatic carbocycles. The second-order valence-electron chi connectivity index (χ2n) is 7.81. The fraction of sp³-hybridized carbons (Fsp3) is 0.579. The van der Waals surface area contributed by atoms with Crippen LogP contribution in [0.3, 0.4) is 0 Å². The molecule has 2 N–H and O–H groups in total. The third kappa shape index (κ3) is 5.01. The van der Waals surface area contributed by atoms with E-state index in [1.807, 2.05) is 0 Å². The Morgan fingerprint density at radius 2 is 1.90 bits per heavy atom. The Bertz CT molecular complexity index is 1080. The van der Waals surface area contributed by atoms with E-state index in [1.54, 1.807) is 26.8 Å². The Hall–Kier alpha value is -2.18. The molecule has 12 heteroatoms. The average molecular weight is 462 g/mol. The summed E-state index contributed by atoms with van der Waals surface area (Å²) < 4.78 is 75.0. The zero-order chi connectivity index (χ0) is 22.9. The van der Waals surface area contributed by atoms with Crippen LogP contribution in [0.2, 0.25) is 0 Å². The first-order valence-electron chi connectivity index (χ1n) is 9.87. The lowest BCUT2D eigenvalue weighted by Crippen LogP contribution is -2.47. The molecule has 1 aromatic heterocycles. The van der Waals surface area contributed by atoms with Gasteiger partial charge in [0.15, 0.2) is 0 Å². The van der Waals surface area contributed by atoms with Gasteiger partial charge in [0.2, 0.25) is 12.3 Å². The number of alkyl halides is 2. The molecule has 0 amide bonds. The highest BCUT2D eigenvalue weighted by atomic mass is 32.2. The Morgan fingerprint density at radius 1 is 1.26 bits per heavy atom. The molecule has 1 saturated heterocycles. The van der Waals surface area contributed by atoms with E-state index in [4.69, 9.17) is 4.42 Å². The molecule has 0 radical (unpaired) electrons. The molecule has 1 fully saturated rings. The van der Waals surface area contributed by atoms with Crippen molar-refractivity contribution in [3.8, 4) is 0 Å². The number of halogens is 3. The van der Waals surface area contributed by atoms with Crippen molar-refractivity contribution in [3.63, 3.8) is 0 Å². The number of piperidine rings is 1. The van der Waals surface area contributed by atoms with Gasteiger partial charge in [0, 0.05) is 24.9 Å². The Kier molecular flexibility index (Phi) is 6.92. The molecule has 0 unspecified atom stereocenters. The molecule has 2 aromatic rings. The molecule has 2 heterocycles. The van der Waals surface area contributed by atoms with Gasteiger partial charge in [-0.05, 0) is 49.4 Å². The highest BCUT2D eigenvalue weighted by Gasteiger charge is 2.37. The number of rotatable bonds is 7. The molecule has 3 rings (SSSR count). The van der Waals surface area contributed by atoms with Crippen LogP contribution in [0.15, 0.2) is 21.3 Å². The van der Waals surface area contributed by atoms with Gasteiger partial charge in [-0.15, -0.1) is 5.10 Å². The fourth-order valence-electron chi connectivity index (χ4n) is 3.87. The van der Waals surface area contributed by atoms with Crippen molar-refractivity contribution in [2.24, 2.45) is 5.92 Å². The number of hydrogen-bond donors (Lipinski definition) is 2. The first-order chi connectivity index (χ1) is 14.5. The topological polar surface area (TPSA) is 108 Å². The summed E-state index contributed by atoms with van der Waals surface area (Å²) in [5.74, 6) is -3.31. The monoisotopic (exact) mass is 462 g/mol. The molecule has 31 heavy (non-hydrogen) atoms. The van der Waals surface area contributed by atoms with Gasteiger partial charge in [-0.1, -0.05) is 13.0 Å². The number of aromatic amines is 1.